The maximum atomic E-state index is 5.36. The molecule has 0 saturated carbocycles. The molecule has 0 radical (unpaired) electrons. The molecule has 2 unspecified atom stereocenters. The summed E-state index contributed by atoms with van der Waals surface area (Å²) in [6.07, 6.45) is -0.282. The van der Waals surface area contributed by atoms with Gasteiger partial charge >= 0.3 is 0 Å². The highest BCUT2D eigenvalue weighted by Crippen LogP contribution is 2.62. The lowest BCUT2D eigenvalue weighted by Crippen LogP contribution is -2.35. The molecule has 0 amide bonds. The molecule has 268 valence electrons. The molecule has 2 atom stereocenters. The standard InChI is InChI=1S/C53H36N4/c1-56-51(35-19-6-3-7-20-35)54-50(34-17-4-2-5-18-34)55-52(56)37-22-14-21-36(33-37)38-25-15-26-41-39-23-8-10-28-43(39)53(48(38)41)44-29-11-13-32-47(44)57-46-31-12-9-24-40(46)42-27-16-30-45(53)49(42)57/h2-33,52H,1H3. The second-order valence-corrected chi connectivity index (χ2v) is 15.3. The number of fused-ring (bicyclic) bond motifs is 12. The van der Waals surface area contributed by atoms with Gasteiger partial charge in [0.05, 0.1) is 22.1 Å². The minimum absolute atomic E-state index is 0.282. The molecule has 1 aliphatic carbocycles. The quantitative estimate of drug-likeness (QED) is 0.178. The summed E-state index contributed by atoms with van der Waals surface area (Å²) in [5, 5.41) is 2.56. The largest absolute Gasteiger partial charge is 0.333 e. The molecule has 4 nitrogen and oxygen atoms in total. The first-order valence-corrected chi connectivity index (χ1v) is 19.7. The van der Waals surface area contributed by atoms with Gasteiger partial charge in [0, 0.05) is 28.9 Å². The summed E-state index contributed by atoms with van der Waals surface area (Å²) in [5.41, 5.74) is 16.6. The number of hydrogen-bond acceptors (Lipinski definition) is 3. The van der Waals surface area contributed by atoms with E-state index in [0.29, 0.717) is 0 Å². The van der Waals surface area contributed by atoms with E-state index in [-0.39, 0.29) is 6.17 Å². The zero-order valence-electron chi connectivity index (χ0n) is 31.3. The Hall–Kier alpha value is -7.30. The Balaban J connectivity index is 1.11. The first-order valence-electron chi connectivity index (χ1n) is 19.7. The minimum atomic E-state index is -0.549. The molecule has 8 aromatic carbocycles. The van der Waals surface area contributed by atoms with Crippen molar-refractivity contribution in [3.63, 3.8) is 0 Å². The number of hydrogen-bond donors (Lipinski definition) is 0. The molecule has 0 saturated heterocycles. The Bertz CT molecular complexity index is 3150. The van der Waals surface area contributed by atoms with Gasteiger partial charge in [-0.15, -0.1) is 0 Å². The van der Waals surface area contributed by atoms with Gasteiger partial charge in [-0.3, -0.25) is 0 Å². The van der Waals surface area contributed by atoms with Crippen molar-refractivity contribution in [2.24, 2.45) is 9.98 Å². The van der Waals surface area contributed by atoms with E-state index < -0.39 is 5.41 Å². The topological polar surface area (TPSA) is 32.9 Å². The molecule has 2 aliphatic heterocycles. The first kappa shape index (κ1) is 32.0. The van der Waals surface area contributed by atoms with Crippen LogP contribution in [0.5, 0.6) is 0 Å². The van der Waals surface area contributed by atoms with Crippen molar-refractivity contribution in [3.8, 4) is 27.9 Å². The van der Waals surface area contributed by atoms with Crippen LogP contribution in [0.3, 0.4) is 0 Å². The van der Waals surface area contributed by atoms with Gasteiger partial charge in [-0.2, -0.15) is 0 Å². The average molecular weight is 729 g/mol. The fourth-order valence-electron chi connectivity index (χ4n) is 10.1. The van der Waals surface area contributed by atoms with E-state index in [1.807, 2.05) is 12.1 Å². The van der Waals surface area contributed by atoms with Crippen molar-refractivity contribution in [1.29, 1.82) is 0 Å². The normalized spacial score (nSPS) is 17.6. The fourth-order valence-corrected chi connectivity index (χ4v) is 10.1. The minimum Gasteiger partial charge on any atom is -0.333 e. The van der Waals surface area contributed by atoms with Gasteiger partial charge in [0.1, 0.15) is 5.84 Å². The monoisotopic (exact) mass is 728 g/mol. The zero-order chi connectivity index (χ0) is 37.7. The van der Waals surface area contributed by atoms with Gasteiger partial charge in [-0.1, -0.05) is 176 Å². The zero-order valence-corrected chi connectivity index (χ0v) is 31.3. The van der Waals surface area contributed by atoms with Crippen molar-refractivity contribution in [2.45, 2.75) is 11.6 Å². The number of aliphatic imine (C=N–C) groups is 2. The highest BCUT2D eigenvalue weighted by molar-refractivity contribution is 6.14. The van der Waals surface area contributed by atoms with Crippen molar-refractivity contribution in [2.75, 3.05) is 7.05 Å². The van der Waals surface area contributed by atoms with Crippen LogP contribution in [-0.2, 0) is 5.41 Å². The third kappa shape index (κ3) is 4.38. The van der Waals surface area contributed by atoms with Crippen molar-refractivity contribution in [1.82, 2.24) is 9.47 Å². The van der Waals surface area contributed by atoms with Crippen LogP contribution in [0.1, 0.15) is 45.1 Å². The highest BCUT2D eigenvalue weighted by Gasteiger charge is 2.52. The number of benzene rings is 8. The summed E-state index contributed by atoms with van der Waals surface area (Å²) in [5.74, 6) is 1.64. The highest BCUT2D eigenvalue weighted by atomic mass is 15.3. The van der Waals surface area contributed by atoms with Crippen LogP contribution in [0.4, 0.5) is 0 Å². The Kier molecular flexibility index (Phi) is 6.79. The molecule has 0 fully saturated rings. The van der Waals surface area contributed by atoms with Gasteiger partial charge in [-0.25, -0.2) is 9.98 Å². The number of amidine groups is 2. The van der Waals surface area contributed by atoms with E-state index >= 15 is 0 Å². The predicted octanol–water partition coefficient (Wildman–Crippen LogP) is 12.0. The SMILES string of the molecule is CN1C(c2ccccc2)=NC(c2ccccc2)=NC1c1cccc(-c2cccc3c2C2(c4ccccc4-3)c3ccccc3-n3c4ccccc4c4cccc2c43)c1. The molecule has 0 bridgehead atoms. The van der Waals surface area contributed by atoms with E-state index in [0.717, 1.165) is 28.4 Å². The molecule has 3 aliphatic rings. The Morgan fingerprint density at radius 3 is 1.96 bits per heavy atom. The Labute approximate surface area is 331 Å². The van der Waals surface area contributed by atoms with Crippen molar-refractivity contribution in [3.05, 3.63) is 233 Å². The van der Waals surface area contributed by atoms with Gasteiger partial charge in [0.25, 0.3) is 0 Å². The number of rotatable bonds is 4. The lowest BCUT2D eigenvalue weighted by molar-refractivity contribution is 0.383. The molecule has 3 heterocycles. The van der Waals surface area contributed by atoms with Crippen LogP contribution in [-0.4, -0.2) is 28.2 Å². The smallest absolute Gasteiger partial charge is 0.159 e. The maximum Gasteiger partial charge on any atom is 0.159 e. The lowest BCUT2D eigenvalue weighted by atomic mass is 9.64. The van der Waals surface area contributed by atoms with Gasteiger partial charge in [-0.05, 0) is 68.3 Å². The van der Waals surface area contributed by atoms with Crippen LogP contribution in [0.25, 0.3) is 49.7 Å². The van der Waals surface area contributed by atoms with E-state index in [1.54, 1.807) is 0 Å². The summed E-state index contributed by atoms with van der Waals surface area (Å²) in [7, 11) is 2.11. The lowest BCUT2D eigenvalue weighted by Gasteiger charge is -2.40. The van der Waals surface area contributed by atoms with Gasteiger partial charge < -0.3 is 9.47 Å². The maximum absolute atomic E-state index is 5.36. The Morgan fingerprint density at radius 1 is 0.491 bits per heavy atom. The van der Waals surface area contributed by atoms with Crippen molar-refractivity contribution < 1.29 is 0 Å². The molecule has 9 aromatic rings. The molecule has 12 rings (SSSR count). The number of nitrogens with zero attached hydrogens (tertiary/aromatic N) is 4. The molecule has 1 aromatic heterocycles. The predicted molar refractivity (Wildman–Crippen MR) is 234 cm³/mol. The third-order valence-corrected chi connectivity index (χ3v) is 12.4. The Morgan fingerprint density at radius 2 is 1.11 bits per heavy atom. The molecule has 1 spiro atoms. The van der Waals surface area contributed by atoms with E-state index in [4.69, 9.17) is 9.98 Å². The first-order chi connectivity index (χ1) is 28.2. The average Bonchev–Trinajstić information content (AvgIpc) is 3.78. The second-order valence-electron chi connectivity index (χ2n) is 15.3. The third-order valence-electron chi connectivity index (χ3n) is 12.4. The van der Waals surface area contributed by atoms with Crippen LogP contribution >= 0.6 is 0 Å². The summed E-state index contributed by atoms with van der Waals surface area (Å²) in [4.78, 5) is 12.7. The summed E-state index contributed by atoms with van der Waals surface area (Å²) < 4.78 is 2.51. The molecule has 0 N–H and O–H groups in total. The van der Waals surface area contributed by atoms with Crippen molar-refractivity contribution >= 4 is 33.5 Å². The second kappa shape index (κ2) is 12.1. The van der Waals surface area contributed by atoms with E-state index in [1.165, 1.54) is 72.0 Å². The number of para-hydroxylation sites is 3. The van der Waals surface area contributed by atoms with Crippen LogP contribution in [0, 0.1) is 0 Å². The van der Waals surface area contributed by atoms with E-state index in [9.17, 15) is 0 Å². The molecular formula is C53H36N4. The van der Waals surface area contributed by atoms with E-state index in [2.05, 4.69) is 199 Å². The van der Waals surface area contributed by atoms with Crippen LogP contribution in [0.15, 0.2) is 204 Å². The molecular weight excluding hydrogens is 693 g/mol. The van der Waals surface area contributed by atoms with Gasteiger partial charge in [0.2, 0.25) is 0 Å². The van der Waals surface area contributed by atoms with Gasteiger partial charge in [0.15, 0.2) is 12.0 Å². The fraction of sp³-hybridized carbons (Fsp3) is 0.0566. The number of aromatic nitrogens is 1. The molecule has 57 heavy (non-hydrogen) atoms. The van der Waals surface area contributed by atoms with Crippen LogP contribution in [0.2, 0.25) is 0 Å². The summed E-state index contributed by atoms with van der Waals surface area (Å²) >= 11 is 0. The summed E-state index contributed by atoms with van der Waals surface area (Å²) in [6, 6.07) is 70.7. The summed E-state index contributed by atoms with van der Waals surface area (Å²) in [6.45, 7) is 0. The molecule has 4 heteroatoms. The van der Waals surface area contributed by atoms with Crippen LogP contribution < -0.4 is 0 Å².